The second-order valence-corrected chi connectivity index (χ2v) is 5.49. The number of likely N-dealkylation sites (N-methyl/N-ethyl adjacent to an activating group) is 1. The van der Waals surface area contributed by atoms with Gasteiger partial charge in [0.2, 0.25) is 5.89 Å². The largest absolute Gasteiger partial charge is 0.339 e. The van der Waals surface area contributed by atoms with Crippen molar-refractivity contribution in [2.45, 2.75) is 44.1 Å². The van der Waals surface area contributed by atoms with Crippen LogP contribution in [0.1, 0.15) is 37.9 Å². The molecule has 0 spiro atoms. The number of nitrogens with zero attached hydrogens (tertiary/aromatic N) is 3. The van der Waals surface area contributed by atoms with Gasteiger partial charge < -0.3 is 15.2 Å². The van der Waals surface area contributed by atoms with Crippen LogP contribution in [0.3, 0.4) is 0 Å². The second kappa shape index (κ2) is 4.74. The summed E-state index contributed by atoms with van der Waals surface area (Å²) in [6.07, 6.45) is 4.06. The van der Waals surface area contributed by atoms with Crippen molar-refractivity contribution < 1.29 is 4.52 Å². The van der Waals surface area contributed by atoms with Gasteiger partial charge in [0, 0.05) is 19.0 Å². The zero-order valence-electron chi connectivity index (χ0n) is 10.9. The second-order valence-electron chi connectivity index (χ2n) is 5.49. The van der Waals surface area contributed by atoms with Crippen molar-refractivity contribution in [1.82, 2.24) is 15.0 Å². The number of hydrogen-bond acceptors (Lipinski definition) is 5. The van der Waals surface area contributed by atoms with Crippen molar-refractivity contribution in [3.63, 3.8) is 0 Å². The van der Waals surface area contributed by atoms with E-state index in [-0.39, 0.29) is 11.5 Å². The number of aromatic nitrogens is 2. The third-order valence-corrected chi connectivity index (χ3v) is 3.77. The van der Waals surface area contributed by atoms with Crippen LogP contribution < -0.4 is 5.73 Å². The van der Waals surface area contributed by atoms with E-state index in [4.69, 9.17) is 10.3 Å². The lowest BCUT2D eigenvalue weighted by atomic mass is 9.85. The van der Waals surface area contributed by atoms with E-state index < -0.39 is 0 Å². The zero-order chi connectivity index (χ0) is 12.5. The summed E-state index contributed by atoms with van der Waals surface area (Å²) in [4.78, 5) is 6.61. The topological polar surface area (TPSA) is 68.2 Å². The molecule has 0 aliphatic heterocycles. The normalized spacial score (nSPS) is 29.1. The lowest BCUT2D eigenvalue weighted by molar-refractivity contribution is 0.276. The highest BCUT2D eigenvalue weighted by Gasteiger charge is 2.42. The van der Waals surface area contributed by atoms with Crippen LogP contribution in [-0.2, 0) is 11.8 Å². The molecule has 1 heterocycles. The van der Waals surface area contributed by atoms with E-state index in [0.717, 1.165) is 43.9 Å². The Morgan fingerprint density at radius 3 is 2.88 bits per heavy atom. The molecule has 2 rings (SSSR count). The maximum absolute atomic E-state index is 6.14. The first-order valence-corrected chi connectivity index (χ1v) is 6.26. The van der Waals surface area contributed by atoms with Gasteiger partial charge in [0.15, 0.2) is 5.82 Å². The van der Waals surface area contributed by atoms with Gasteiger partial charge in [0.25, 0.3) is 0 Å². The summed E-state index contributed by atoms with van der Waals surface area (Å²) >= 11 is 0. The van der Waals surface area contributed by atoms with E-state index in [1.54, 1.807) is 0 Å². The highest BCUT2D eigenvalue weighted by Crippen LogP contribution is 2.38. The Balaban J connectivity index is 2.07. The minimum atomic E-state index is -0.122. The Hall–Kier alpha value is -0.940. The Morgan fingerprint density at radius 1 is 1.53 bits per heavy atom. The molecule has 0 aromatic carbocycles. The van der Waals surface area contributed by atoms with Gasteiger partial charge in [-0.1, -0.05) is 11.6 Å². The van der Waals surface area contributed by atoms with Crippen LogP contribution in [0, 0.1) is 0 Å². The Morgan fingerprint density at radius 2 is 2.29 bits per heavy atom. The fourth-order valence-corrected chi connectivity index (χ4v) is 2.37. The molecule has 1 saturated carbocycles. The molecule has 5 nitrogen and oxygen atoms in total. The molecular formula is C12H22N4O. The first-order chi connectivity index (χ1) is 8.02. The van der Waals surface area contributed by atoms with Crippen molar-refractivity contribution in [2.75, 3.05) is 20.6 Å². The van der Waals surface area contributed by atoms with E-state index in [1.807, 2.05) is 14.1 Å². The van der Waals surface area contributed by atoms with Crippen molar-refractivity contribution in [2.24, 2.45) is 5.73 Å². The molecule has 1 aliphatic carbocycles. The molecule has 1 fully saturated rings. The fourth-order valence-electron chi connectivity index (χ4n) is 2.37. The van der Waals surface area contributed by atoms with Crippen LogP contribution in [0.25, 0.3) is 0 Å². The van der Waals surface area contributed by atoms with E-state index >= 15 is 0 Å². The van der Waals surface area contributed by atoms with E-state index in [1.165, 1.54) is 0 Å². The number of hydrogen-bond donors (Lipinski definition) is 1. The van der Waals surface area contributed by atoms with Gasteiger partial charge in [-0.25, -0.2) is 0 Å². The van der Waals surface area contributed by atoms with Crippen LogP contribution in [0.15, 0.2) is 4.52 Å². The van der Waals surface area contributed by atoms with Gasteiger partial charge in [0.1, 0.15) is 0 Å². The molecule has 0 bridgehead atoms. The molecule has 1 aromatic rings. The highest BCUT2D eigenvalue weighted by atomic mass is 16.5. The van der Waals surface area contributed by atoms with Crippen LogP contribution in [0.4, 0.5) is 0 Å². The van der Waals surface area contributed by atoms with Crippen LogP contribution in [0.2, 0.25) is 0 Å². The molecular weight excluding hydrogens is 216 g/mol. The highest BCUT2D eigenvalue weighted by molar-refractivity contribution is 5.11. The maximum Gasteiger partial charge on any atom is 0.234 e. The quantitative estimate of drug-likeness (QED) is 0.845. The first kappa shape index (κ1) is 12.5. The Bertz CT molecular complexity index is 376. The van der Waals surface area contributed by atoms with Crippen LogP contribution >= 0.6 is 0 Å². The third kappa shape index (κ3) is 2.50. The molecule has 1 aliphatic rings. The summed E-state index contributed by atoms with van der Waals surface area (Å²) in [6.45, 7) is 3.07. The molecule has 2 unspecified atom stereocenters. The predicted molar refractivity (Wildman–Crippen MR) is 65.7 cm³/mol. The van der Waals surface area contributed by atoms with Gasteiger partial charge >= 0.3 is 0 Å². The number of rotatable bonds is 4. The molecule has 1 aromatic heterocycles. The van der Waals surface area contributed by atoms with Crippen molar-refractivity contribution in [3.05, 3.63) is 11.7 Å². The molecule has 2 N–H and O–H groups in total. The molecule has 0 radical (unpaired) electrons. The summed E-state index contributed by atoms with van der Waals surface area (Å²) in [5, 5.41) is 4.04. The minimum Gasteiger partial charge on any atom is -0.339 e. The lowest BCUT2D eigenvalue weighted by Gasteiger charge is -2.23. The van der Waals surface area contributed by atoms with Gasteiger partial charge in [-0.05, 0) is 33.9 Å². The van der Waals surface area contributed by atoms with E-state index in [0.29, 0.717) is 0 Å². The van der Waals surface area contributed by atoms with Gasteiger partial charge in [-0.2, -0.15) is 4.98 Å². The fraction of sp³-hybridized carbons (Fsp3) is 0.833. The smallest absolute Gasteiger partial charge is 0.234 e. The summed E-state index contributed by atoms with van der Waals surface area (Å²) in [5.41, 5.74) is 6.02. The molecule has 17 heavy (non-hydrogen) atoms. The Kier molecular flexibility index (Phi) is 3.49. The lowest BCUT2D eigenvalue weighted by Crippen LogP contribution is -2.38. The third-order valence-electron chi connectivity index (χ3n) is 3.77. The monoisotopic (exact) mass is 238 g/mol. The predicted octanol–water partition coefficient (Wildman–Crippen LogP) is 0.943. The molecule has 0 amide bonds. The van der Waals surface area contributed by atoms with Crippen molar-refractivity contribution in [3.8, 4) is 0 Å². The number of nitrogens with two attached hydrogens (primary N) is 1. The molecule has 0 saturated heterocycles. The SMILES string of the molecule is CN(C)CCc1noc(C2(C)CCCC2N)n1. The van der Waals surface area contributed by atoms with Gasteiger partial charge in [0.05, 0.1) is 5.41 Å². The minimum absolute atomic E-state index is 0.122. The maximum atomic E-state index is 6.14. The van der Waals surface area contributed by atoms with Gasteiger partial charge in [-0.3, -0.25) is 0 Å². The van der Waals surface area contributed by atoms with E-state index in [2.05, 4.69) is 22.0 Å². The zero-order valence-corrected chi connectivity index (χ0v) is 10.9. The van der Waals surface area contributed by atoms with E-state index in [9.17, 15) is 0 Å². The average molecular weight is 238 g/mol. The summed E-state index contributed by atoms with van der Waals surface area (Å²) in [7, 11) is 4.07. The van der Waals surface area contributed by atoms with Gasteiger partial charge in [-0.15, -0.1) is 0 Å². The van der Waals surface area contributed by atoms with Crippen molar-refractivity contribution >= 4 is 0 Å². The Labute approximate surface area is 102 Å². The summed E-state index contributed by atoms with van der Waals surface area (Å²) in [5.74, 6) is 1.50. The average Bonchev–Trinajstić information content (AvgIpc) is 2.85. The summed E-state index contributed by atoms with van der Waals surface area (Å²) < 4.78 is 5.39. The first-order valence-electron chi connectivity index (χ1n) is 6.26. The molecule has 2 atom stereocenters. The molecule has 5 heteroatoms. The van der Waals surface area contributed by atoms with Crippen molar-refractivity contribution in [1.29, 1.82) is 0 Å². The summed E-state index contributed by atoms with van der Waals surface area (Å²) in [6, 6.07) is 0.143. The van der Waals surface area contributed by atoms with Crippen LogP contribution in [-0.4, -0.2) is 41.7 Å². The van der Waals surface area contributed by atoms with Crippen LogP contribution in [0.5, 0.6) is 0 Å². The molecule has 96 valence electrons. The standard InChI is InChI=1S/C12H22N4O/c1-12(7-4-5-9(12)13)11-14-10(15-17-11)6-8-16(2)3/h9H,4-8,13H2,1-3H3.